The monoisotopic (exact) mass is 201 g/mol. The smallest absolute Gasteiger partial charge is 0.283 e. The molecule has 0 unspecified atom stereocenters. The van der Waals surface area contributed by atoms with E-state index in [9.17, 15) is 24.5 Å². The molecule has 0 bridgehead atoms. The standard InChI is InChI=1S/C4H3N5O5/c10-2-1(5-3(11)7-2)6-4(12)8-9(13)14/h(H3,5,6,7,8,10,11,12). The molecule has 1 rings (SSSR count). The van der Waals surface area contributed by atoms with Crippen LogP contribution in [0.25, 0.3) is 0 Å². The molecule has 3 N–H and O–H groups in total. The van der Waals surface area contributed by atoms with Crippen molar-refractivity contribution in [3.05, 3.63) is 10.1 Å². The number of hydrazine groups is 1. The molecule has 0 aliphatic carbocycles. The Morgan fingerprint density at radius 1 is 1.50 bits per heavy atom. The van der Waals surface area contributed by atoms with Gasteiger partial charge in [-0.15, -0.1) is 0 Å². The van der Waals surface area contributed by atoms with Crippen LogP contribution in [0.1, 0.15) is 0 Å². The second-order valence-electron chi connectivity index (χ2n) is 2.04. The first-order valence-electron chi connectivity index (χ1n) is 3.15. The summed E-state index contributed by atoms with van der Waals surface area (Å²) in [5.41, 5.74) is 1.21. The number of urea groups is 2. The van der Waals surface area contributed by atoms with E-state index in [0.29, 0.717) is 0 Å². The molecule has 10 heteroatoms. The van der Waals surface area contributed by atoms with Crippen LogP contribution < -0.4 is 16.1 Å². The lowest BCUT2D eigenvalue weighted by Gasteiger charge is -1.97. The minimum atomic E-state index is -1.27. The lowest BCUT2D eigenvalue weighted by Crippen LogP contribution is -2.45. The van der Waals surface area contributed by atoms with Crippen molar-refractivity contribution in [1.82, 2.24) is 16.1 Å². The summed E-state index contributed by atoms with van der Waals surface area (Å²) >= 11 is 0. The third-order valence-electron chi connectivity index (χ3n) is 1.07. The number of amides is 5. The maximum absolute atomic E-state index is 10.7. The third kappa shape index (κ3) is 2.23. The highest BCUT2D eigenvalue weighted by molar-refractivity contribution is 6.47. The highest BCUT2D eigenvalue weighted by atomic mass is 16.7. The summed E-state index contributed by atoms with van der Waals surface area (Å²) in [6.45, 7) is 0. The minimum absolute atomic E-state index is 0.589. The molecule has 1 aliphatic rings. The van der Waals surface area contributed by atoms with Crippen LogP contribution in [0.15, 0.2) is 4.99 Å². The van der Waals surface area contributed by atoms with Crippen LogP contribution in [0, 0.1) is 10.1 Å². The van der Waals surface area contributed by atoms with Crippen LogP contribution in [0.3, 0.4) is 0 Å². The van der Waals surface area contributed by atoms with E-state index in [0.717, 1.165) is 0 Å². The van der Waals surface area contributed by atoms with Crippen LogP contribution >= 0.6 is 0 Å². The maximum atomic E-state index is 10.7. The van der Waals surface area contributed by atoms with E-state index >= 15 is 0 Å². The van der Waals surface area contributed by atoms with Gasteiger partial charge in [0.05, 0.1) is 0 Å². The van der Waals surface area contributed by atoms with Crippen LogP contribution in [0.4, 0.5) is 9.59 Å². The van der Waals surface area contributed by atoms with Crippen LogP contribution in [-0.2, 0) is 4.79 Å². The Hall–Kier alpha value is -2.52. The van der Waals surface area contributed by atoms with Crippen LogP contribution in [0.2, 0.25) is 0 Å². The van der Waals surface area contributed by atoms with Gasteiger partial charge in [-0.1, -0.05) is 5.43 Å². The van der Waals surface area contributed by atoms with Crippen molar-refractivity contribution in [3.63, 3.8) is 0 Å². The van der Waals surface area contributed by atoms with E-state index in [2.05, 4.69) is 4.99 Å². The summed E-state index contributed by atoms with van der Waals surface area (Å²) in [5, 5.41) is 12.1. The number of nitrogens with zero attached hydrogens (tertiary/aromatic N) is 2. The largest absolute Gasteiger partial charge is 0.378 e. The zero-order chi connectivity index (χ0) is 10.7. The quantitative estimate of drug-likeness (QED) is 0.336. The van der Waals surface area contributed by atoms with Gasteiger partial charge < -0.3 is 0 Å². The first-order valence-corrected chi connectivity index (χ1v) is 3.15. The molecule has 0 aromatic rings. The number of rotatable bonds is 1. The molecule has 74 valence electrons. The fourth-order valence-electron chi connectivity index (χ4n) is 0.640. The Balaban J connectivity index is 2.57. The Bertz CT molecular complexity index is 359. The lowest BCUT2D eigenvalue weighted by atomic mass is 10.5. The highest BCUT2D eigenvalue weighted by Crippen LogP contribution is 1.88. The molecule has 5 amide bonds. The fraction of sp³-hybridized carbons (Fsp3) is 0. The molecule has 0 aromatic carbocycles. The predicted molar refractivity (Wildman–Crippen MR) is 39.6 cm³/mol. The summed E-state index contributed by atoms with van der Waals surface area (Å²) in [6, 6.07) is -2.20. The fourth-order valence-corrected chi connectivity index (χ4v) is 0.640. The summed E-state index contributed by atoms with van der Waals surface area (Å²) < 4.78 is 0. The topological polar surface area (TPSA) is 143 Å². The number of hydrogen-bond acceptors (Lipinski definition) is 5. The number of carbonyl (C=O) groups excluding carboxylic acids is 3. The van der Waals surface area contributed by atoms with Crippen molar-refractivity contribution >= 4 is 23.8 Å². The van der Waals surface area contributed by atoms with E-state index in [1.165, 1.54) is 5.43 Å². The number of hydrogen-bond donors (Lipinski definition) is 3. The molecule has 0 atom stereocenters. The first-order chi connectivity index (χ1) is 6.49. The average molecular weight is 201 g/mol. The van der Waals surface area contributed by atoms with Gasteiger partial charge in [-0.3, -0.25) is 15.4 Å². The van der Waals surface area contributed by atoms with Gasteiger partial charge in [0.1, 0.15) is 0 Å². The van der Waals surface area contributed by atoms with E-state index in [4.69, 9.17) is 0 Å². The van der Waals surface area contributed by atoms with Crippen molar-refractivity contribution in [2.75, 3.05) is 0 Å². The van der Waals surface area contributed by atoms with Gasteiger partial charge in [0, 0.05) is 0 Å². The third-order valence-corrected chi connectivity index (χ3v) is 1.07. The van der Waals surface area contributed by atoms with Crippen LogP contribution in [0.5, 0.6) is 0 Å². The maximum Gasteiger partial charge on any atom is 0.378 e. The zero-order valence-electron chi connectivity index (χ0n) is 6.44. The second kappa shape index (κ2) is 3.47. The molecule has 0 spiro atoms. The highest BCUT2D eigenvalue weighted by Gasteiger charge is 2.25. The van der Waals surface area contributed by atoms with E-state index in [1.807, 2.05) is 0 Å². The Morgan fingerprint density at radius 3 is 2.57 bits per heavy atom. The minimum Gasteiger partial charge on any atom is -0.283 e. The first kappa shape index (κ1) is 9.57. The molecule has 0 fully saturated rings. The molecule has 0 saturated carbocycles. The average Bonchev–Trinajstić information content (AvgIpc) is 2.28. The summed E-state index contributed by atoms with van der Waals surface area (Å²) in [5.74, 6) is -1.51. The number of imide groups is 1. The van der Waals surface area contributed by atoms with E-state index in [-0.39, 0.29) is 0 Å². The second-order valence-corrected chi connectivity index (χ2v) is 2.04. The van der Waals surface area contributed by atoms with Crippen molar-refractivity contribution in [2.45, 2.75) is 0 Å². The number of nitro groups is 1. The number of carbonyl (C=O) groups is 3. The lowest BCUT2D eigenvalue weighted by molar-refractivity contribution is -0.527. The van der Waals surface area contributed by atoms with Crippen molar-refractivity contribution < 1.29 is 19.4 Å². The van der Waals surface area contributed by atoms with Gasteiger partial charge in [0.25, 0.3) is 5.91 Å². The molecule has 0 radical (unpaired) electrons. The van der Waals surface area contributed by atoms with Gasteiger partial charge in [-0.25, -0.2) is 19.7 Å². The SMILES string of the molecule is O=C1N=C(NC(=O)N[N+](=O)[O-])C(=O)N1. The van der Waals surface area contributed by atoms with Crippen molar-refractivity contribution in [3.8, 4) is 0 Å². The van der Waals surface area contributed by atoms with Gasteiger partial charge in [0.2, 0.25) is 5.84 Å². The summed E-state index contributed by atoms with van der Waals surface area (Å²) in [7, 11) is 0. The van der Waals surface area contributed by atoms with Crippen molar-refractivity contribution in [1.29, 1.82) is 0 Å². The molecule has 14 heavy (non-hydrogen) atoms. The number of nitrogens with one attached hydrogen (secondary N) is 3. The molecule has 0 aromatic heterocycles. The predicted octanol–water partition coefficient (Wildman–Crippen LogP) is -1.87. The van der Waals surface area contributed by atoms with Gasteiger partial charge in [0.15, 0.2) is 5.03 Å². The normalized spacial score (nSPS) is 14.4. The molecule has 1 heterocycles. The molecule has 1 aliphatic heterocycles. The van der Waals surface area contributed by atoms with E-state index in [1.54, 1.807) is 10.6 Å². The van der Waals surface area contributed by atoms with E-state index < -0.39 is 28.8 Å². The number of amidine groups is 1. The van der Waals surface area contributed by atoms with Crippen LogP contribution in [-0.4, -0.2) is 28.8 Å². The van der Waals surface area contributed by atoms with Gasteiger partial charge in [-0.2, -0.15) is 4.99 Å². The Labute approximate surface area is 75.5 Å². The Kier molecular flexibility index (Phi) is 2.37. The van der Waals surface area contributed by atoms with Gasteiger partial charge in [-0.05, 0) is 0 Å². The summed E-state index contributed by atoms with van der Waals surface area (Å²) in [6.07, 6.45) is 0. The molecule has 0 saturated heterocycles. The van der Waals surface area contributed by atoms with Gasteiger partial charge >= 0.3 is 12.1 Å². The number of aliphatic imine (C=N–C) groups is 1. The zero-order valence-corrected chi connectivity index (χ0v) is 6.44. The Morgan fingerprint density at radius 2 is 2.14 bits per heavy atom. The summed E-state index contributed by atoms with van der Waals surface area (Å²) in [4.78, 5) is 44.6. The molecular formula is C4H3N5O5. The molecule has 10 nitrogen and oxygen atoms in total. The van der Waals surface area contributed by atoms with Crippen molar-refractivity contribution in [2.24, 2.45) is 4.99 Å². The molecular weight excluding hydrogens is 198 g/mol.